The maximum Gasteiger partial charge on any atom is 0.573 e. The van der Waals surface area contributed by atoms with Crippen molar-refractivity contribution >= 4 is 0 Å². The smallest absolute Gasteiger partial charge is 0.403 e. The molecule has 158 valence electrons. The highest BCUT2D eigenvalue weighted by Crippen LogP contribution is 2.47. The first-order chi connectivity index (χ1) is 14.3. The molecule has 1 saturated carbocycles. The molecule has 2 aliphatic rings. The third-order valence-corrected chi connectivity index (χ3v) is 6.50. The zero-order valence-electron chi connectivity index (χ0n) is 16.9. The highest BCUT2D eigenvalue weighted by molar-refractivity contribution is 5.48. The summed E-state index contributed by atoms with van der Waals surface area (Å²) in [4.78, 5) is 0. The number of aryl methyl sites for hydroxylation is 1. The molecule has 0 amide bonds. The maximum absolute atomic E-state index is 13.8. The van der Waals surface area contributed by atoms with Crippen molar-refractivity contribution < 1.29 is 22.3 Å². The second-order valence-electron chi connectivity index (χ2n) is 8.35. The minimum atomic E-state index is -4.92. The largest absolute Gasteiger partial charge is 0.573 e. The zero-order chi connectivity index (χ0) is 21.3. The summed E-state index contributed by atoms with van der Waals surface area (Å²) in [5.74, 6) is 6.22. The van der Waals surface area contributed by atoms with Gasteiger partial charge < -0.3 is 4.74 Å². The van der Waals surface area contributed by atoms with Gasteiger partial charge in [0.25, 0.3) is 0 Å². The fraction of sp³-hybridized carbons (Fsp3) is 0.440. The molecule has 2 aromatic rings. The van der Waals surface area contributed by atoms with Gasteiger partial charge >= 0.3 is 6.36 Å². The van der Waals surface area contributed by atoms with Gasteiger partial charge in [-0.15, -0.1) is 13.2 Å². The van der Waals surface area contributed by atoms with Crippen molar-refractivity contribution in [2.75, 3.05) is 0 Å². The summed E-state index contributed by atoms with van der Waals surface area (Å²) in [5, 5.41) is 0. The molecule has 0 heterocycles. The average molecular weight is 416 g/mol. The van der Waals surface area contributed by atoms with Crippen LogP contribution in [0.15, 0.2) is 36.4 Å². The predicted octanol–water partition coefficient (Wildman–Crippen LogP) is 6.98. The summed E-state index contributed by atoms with van der Waals surface area (Å²) in [6.07, 6.45) is 2.52. The molecule has 0 aromatic heterocycles. The molecular weight excluding hydrogens is 392 g/mol. The summed E-state index contributed by atoms with van der Waals surface area (Å²) < 4.78 is 54.3. The molecule has 1 fully saturated rings. The van der Waals surface area contributed by atoms with Crippen molar-refractivity contribution in [2.45, 2.75) is 57.7 Å². The van der Waals surface area contributed by atoms with Crippen LogP contribution in [0.25, 0.3) is 0 Å². The van der Waals surface area contributed by atoms with Crippen LogP contribution in [0.1, 0.15) is 67.2 Å². The van der Waals surface area contributed by atoms with Gasteiger partial charge in [0.05, 0.1) is 0 Å². The molecule has 2 aliphatic carbocycles. The Bertz CT molecular complexity index is 983. The molecule has 1 nitrogen and oxygen atoms in total. The minimum Gasteiger partial charge on any atom is -0.403 e. The Kier molecular flexibility index (Phi) is 5.77. The average Bonchev–Trinajstić information content (AvgIpc) is 2.72. The summed E-state index contributed by atoms with van der Waals surface area (Å²) in [7, 11) is 0. The van der Waals surface area contributed by atoms with Crippen molar-refractivity contribution in [1.29, 1.82) is 0 Å². The van der Waals surface area contributed by atoms with Crippen LogP contribution in [0, 0.1) is 29.5 Å². The first kappa shape index (κ1) is 20.8. The molecule has 0 aliphatic heterocycles. The summed E-state index contributed by atoms with van der Waals surface area (Å²) in [6.45, 7) is 2.29. The number of benzene rings is 2. The number of hydrogen-bond donors (Lipinski definition) is 0. The fourth-order valence-electron chi connectivity index (χ4n) is 4.99. The lowest BCUT2D eigenvalue weighted by Gasteiger charge is -2.40. The Balaban J connectivity index is 1.50. The highest BCUT2D eigenvalue weighted by atomic mass is 19.4. The van der Waals surface area contributed by atoms with E-state index in [4.69, 9.17) is 0 Å². The minimum absolute atomic E-state index is 0.303. The number of halogens is 4. The molecule has 30 heavy (non-hydrogen) atoms. The number of rotatable bonds is 2. The van der Waals surface area contributed by atoms with E-state index >= 15 is 0 Å². The van der Waals surface area contributed by atoms with Crippen LogP contribution in [0.5, 0.6) is 5.75 Å². The van der Waals surface area contributed by atoms with E-state index in [1.54, 1.807) is 0 Å². The van der Waals surface area contributed by atoms with E-state index in [0.717, 1.165) is 36.0 Å². The molecular formula is C25H24F4O. The predicted molar refractivity (Wildman–Crippen MR) is 108 cm³/mol. The number of hydrogen-bond acceptors (Lipinski definition) is 1. The quantitative estimate of drug-likeness (QED) is 0.379. The van der Waals surface area contributed by atoms with Gasteiger partial charge in [-0.1, -0.05) is 31.3 Å². The monoisotopic (exact) mass is 416 g/mol. The van der Waals surface area contributed by atoms with E-state index in [9.17, 15) is 17.6 Å². The molecule has 0 bridgehead atoms. The maximum atomic E-state index is 13.8. The molecule has 0 spiro atoms. The van der Waals surface area contributed by atoms with Gasteiger partial charge in [-0.3, -0.25) is 0 Å². The summed E-state index contributed by atoms with van der Waals surface area (Å²) in [6, 6.07) is 9.53. The lowest BCUT2D eigenvalue weighted by molar-refractivity contribution is -0.275. The van der Waals surface area contributed by atoms with E-state index < -0.39 is 17.9 Å². The number of alkyl halides is 3. The van der Waals surface area contributed by atoms with E-state index in [1.165, 1.54) is 49.3 Å². The van der Waals surface area contributed by atoms with Gasteiger partial charge in [0.15, 0.2) is 11.6 Å². The molecule has 2 aromatic carbocycles. The summed E-state index contributed by atoms with van der Waals surface area (Å²) in [5.41, 5.74) is 3.94. The second-order valence-corrected chi connectivity index (χ2v) is 8.35. The van der Waals surface area contributed by atoms with Crippen molar-refractivity contribution in [1.82, 2.24) is 0 Å². The first-order valence-electron chi connectivity index (χ1n) is 10.5. The molecule has 0 N–H and O–H groups in total. The van der Waals surface area contributed by atoms with E-state index in [1.807, 2.05) is 6.07 Å². The Morgan fingerprint density at radius 2 is 1.73 bits per heavy atom. The normalized spacial score (nSPS) is 23.0. The van der Waals surface area contributed by atoms with E-state index in [0.29, 0.717) is 11.5 Å². The van der Waals surface area contributed by atoms with Crippen LogP contribution in [0.4, 0.5) is 17.6 Å². The van der Waals surface area contributed by atoms with Crippen molar-refractivity contribution in [3.63, 3.8) is 0 Å². The Morgan fingerprint density at radius 3 is 2.43 bits per heavy atom. The third kappa shape index (κ3) is 4.64. The summed E-state index contributed by atoms with van der Waals surface area (Å²) >= 11 is 0. The SMILES string of the molecule is CC[C@@H]1CC[C@@H]2c3ccc(C#Cc4ccc(OC(F)(F)F)c(F)c4)cc3CC[C@@H]2C1. The number of fused-ring (bicyclic) bond motifs is 3. The number of ether oxygens (including phenoxy) is 1. The third-order valence-electron chi connectivity index (χ3n) is 6.50. The Morgan fingerprint density at radius 1 is 1.00 bits per heavy atom. The second kappa shape index (κ2) is 8.34. The fourth-order valence-corrected chi connectivity index (χ4v) is 4.99. The van der Waals surface area contributed by atoms with Gasteiger partial charge in [0.1, 0.15) is 0 Å². The Labute approximate surface area is 174 Å². The van der Waals surface area contributed by atoms with Gasteiger partial charge in [-0.05, 0) is 91.3 Å². The Hall–Kier alpha value is -2.48. The topological polar surface area (TPSA) is 9.23 Å². The molecule has 0 unspecified atom stereocenters. The van der Waals surface area contributed by atoms with Gasteiger partial charge in [0.2, 0.25) is 0 Å². The van der Waals surface area contributed by atoms with Crippen LogP contribution in [-0.4, -0.2) is 6.36 Å². The van der Waals surface area contributed by atoms with Crippen LogP contribution < -0.4 is 4.74 Å². The van der Waals surface area contributed by atoms with Crippen LogP contribution in [-0.2, 0) is 6.42 Å². The van der Waals surface area contributed by atoms with Gasteiger partial charge in [0, 0.05) is 11.1 Å². The molecule has 3 atom stereocenters. The van der Waals surface area contributed by atoms with E-state index in [-0.39, 0.29) is 0 Å². The van der Waals surface area contributed by atoms with E-state index in [2.05, 4.69) is 35.6 Å². The first-order valence-corrected chi connectivity index (χ1v) is 10.5. The van der Waals surface area contributed by atoms with Crippen molar-refractivity contribution in [3.05, 3.63) is 64.5 Å². The van der Waals surface area contributed by atoms with Gasteiger partial charge in [-0.25, -0.2) is 4.39 Å². The van der Waals surface area contributed by atoms with Crippen molar-refractivity contribution in [3.8, 4) is 17.6 Å². The standard InChI is InChI=1S/C25H24F4O/c1-2-16-5-10-21-19(13-16)8-9-20-14-17(6-11-22(20)21)3-4-18-7-12-24(23(26)15-18)30-25(27,28)29/h6-7,11-12,14-16,19,21H,2,5,8-10,13H2,1H3/t16-,19-,21+/m1/s1. The molecule has 5 heteroatoms. The van der Waals surface area contributed by atoms with Crippen LogP contribution in [0.3, 0.4) is 0 Å². The molecule has 4 rings (SSSR count). The van der Waals surface area contributed by atoms with Crippen LogP contribution >= 0.6 is 0 Å². The lowest BCUT2D eigenvalue weighted by Crippen LogP contribution is -2.27. The highest BCUT2D eigenvalue weighted by Gasteiger charge is 2.34. The van der Waals surface area contributed by atoms with Crippen LogP contribution in [0.2, 0.25) is 0 Å². The van der Waals surface area contributed by atoms with Gasteiger partial charge in [-0.2, -0.15) is 0 Å². The molecule has 0 saturated heterocycles. The zero-order valence-corrected chi connectivity index (χ0v) is 16.9. The lowest BCUT2D eigenvalue weighted by atomic mass is 9.65. The molecule has 0 radical (unpaired) electrons. The van der Waals surface area contributed by atoms with Crippen molar-refractivity contribution in [2.24, 2.45) is 11.8 Å².